The van der Waals surface area contributed by atoms with Crippen molar-refractivity contribution in [1.29, 1.82) is 0 Å². The molecule has 0 fully saturated rings. The summed E-state index contributed by atoms with van der Waals surface area (Å²) in [6.45, 7) is 9.16. The third-order valence-corrected chi connectivity index (χ3v) is 3.92. The molecule has 0 rings (SSSR count). The van der Waals surface area contributed by atoms with Crippen molar-refractivity contribution in [3.05, 3.63) is 36.6 Å². The second kappa shape index (κ2) is 19.1. The molecule has 0 spiro atoms. The van der Waals surface area contributed by atoms with Gasteiger partial charge in [-0.2, -0.15) is 0 Å². The molecule has 0 radical (unpaired) electrons. The van der Waals surface area contributed by atoms with Crippen molar-refractivity contribution < 1.29 is 4.74 Å². The minimum atomic E-state index is 0.819. The van der Waals surface area contributed by atoms with Crippen molar-refractivity contribution in [2.75, 3.05) is 6.61 Å². The molecule has 0 aromatic heterocycles. The van der Waals surface area contributed by atoms with Gasteiger partial charge in [-0.3, -0.25) is 0 Å². The van der Waals surface area contributed by atoms with Crippen LogP contribution in [0.4, 0.5) is 0 Å². The smallest absolute Gasteiger partial charge is 0.0888 e. The van der Waals surface area contributed by atoms with Gasteiger partial charge in [-0.1, -0.05) is 76.8 Å². The highest BCUT2D eigenvalue weighted by Crippen LogP contribution is 2.12. The Morgan fingerprint density at radius 2 is 1.35 bits per heavy atom. The lowest BCUT2D eigenvalue weighted by atomic mass is 10.1. The molecular weight excluding hydrogens is 280 g/mol. The third-order valence-electron chi connectivity index (χ3n) is 3.92. The van der Waals surface area contributed by atoms with Crippen LogP contribution in [0.3, 0.4) is 0 Å². The van der Waals surface area contributed by atoms with E-state index in [1.54, 1.807) is 0 Å². The lowest BCUT2D eigenvalue weighted by Gasteiger charge is -2.07. The second-order valence-electron chi connectivity index (χ2n) is 6.37. The van der Waals surface area contributed by atoms with Crippen molar-refractivity contribution in [2.24, 2.45) is 0 Å². The van der Waals surface area contributed by atoms with Crippen LogP contribution in [-0.2, 0) is 4.74 Å². The van der Waals surface area contributed by atoms with Crippen LogP contribution in [0.25, 0.3) is 0 Å². The maximum absolute atomic E-state index is 5.50. The van der Waals surface area contributed by atoms with E-state index in [9.17, 15) is 0 Å². The molecule has 0 bridgehead atoms. The summed E-state index contributed by atoms with van der Waals surface area (Å²) in [7, 11) is 0. The van der Waals surface area contributed by atoms with Crippen molar-refractivity contribution in [3.63, 3.8) is 0 Å². The summed E-state index contributed by atoms with van der Waals surface area (Å²) in [6.07, 6.45) is 25.5. The Morgan fingerprint density at radius 1 is 0.739 bits per heavy atom. The van der Waals surface area contributed by atoms with E-state index < -0.39 is 0 Å². The molecule has 0 unspecified atom stereocenters. The lowest BCUT2D eigenvalue weighted by Crippen LogP contribution is -1.92. The number of rotatable bonds is 17. The average molecular weight is 321 g/mol. The van der Waals surface area contributed by atoms with Gasteiger partial charge in [0.2, 0.25) is 0 Å². The molecular formula is C22H40O. The van der Waals surface area contributed by atoms with E-state index in [1.165, 1.54) is 64.2 Å². The Labute approximate surface area is 145 Å². The molecule has 0 aromatic rings. The van der Waals surface area contributed by atoms with Gasteiger partial charge >= 0.3 is 0 Å². The van der Waals surface area contributed by atoms with Crippen molar-refractivity contribution >= 4 is 0 Å². The summed E-state index contributed by atoms with van der Waals surface area (Å²) < 4.78 is 5.50. The van der Waals surface area contributed by atoms with Crippen LogP contribution in [0, 0.1) is 0 Å². The van der Waals surface area contributed by atoms with Gasteiger partial charge in [-0.25, -0.2) is 0 Å². The van der Waals surface area contributed by atoms with Gasteiger partial charge in [0.25, 0.3) is 0 Å². The highest BCUT2D eigenvalue weighted by molar-refractivity contribution is 4.92. The zero-order valence-electron chi connectivity index (χ0n) is 15.8. The van der Waals surface area contributed by atoms with Gasteiger partial charge in [0.15, 0.2) is 0 Å². The maximum Gasteiger partial charge on any atom is 0.0888 e. The number of hydrogen-bond donors (Lipinski definition) is 0. The summed E-state index contributed by atoms with van der Waals surface area (Å²) in [5.41, 5.74) is 0. The molecule has 0 saturated heterocycles. The average Bonchev–Trinajstić information content (AvgIpc) is 2.56. The first-order valence-electron chi connectivity index (χ1n) is 9.91. The molecule has 0 heterocycles. The Morgan fingerprint density at radius 3 is 2.00 bits per heavy atom. The van der Waals surface area contributed by atoms with Crippen LogP contribution in [0.5, 0.6) is 0 Å². The van der Waals surface area contributed by atoms with E-state index in [2.05, 4.69) is 44.7 Å². The number of hydrogen-bond acceptors (Lipinski definition) is 1. The minimum absolute atomic E-state index is 0.819. The van der Waals surface area contributed by atoms with Crippen LogP contribution < -0.4 is 0 Å². The molecule has 0 aliphatic heterocycles. The number of allylic oxidation sites excluding steroid dienone is 5. The van der Waals surface area contributed by atoms with Crippen LogP contribution in [-0.4, -0.2) is 6.61 Å². The topological polar surface area (TPSA) is 9.23 Å². The Balaban J connectivity index is 3.23. The Kier molecular flexibility index (Phi) is 18.3. The molecule has 1 heteroatoms. The highest BCUT2D eigenvalue weighted by atomic mass is 16.5. The monoisotopic (exact) mass is 320 g/mol. The first kappa shape index (κ1) is 22.0. The summed E-state index contributed by atoms with van der Waals surface area (Å²) in [5.74, 6) is 0.970. The van der Waals surface area contributed by atoms with Crippen LogP contribution in [0.15, 0.2) is 36.6 Å². The second-order valence-corrected chi connectivity index (χ2v) is 6.37. The van der Waals surface area contributed by atoms with E-state index in [-0.39, 0.29) is 0 Å². The van der Waals surface area contributed by atoms with Gasteiger partial charge in [0.1, 0.15) is 0 Å². The van der Waals surface area contributed by atoms with Crippen molar-refractivity contribution in [2.45, 2.75) is 97.3 Å². The maximum atomic E-state index is 5.50. The van der Waals surface area contributed by atoms with E-state index in [0.29, 0.717) is 0 Å². The number of ether oxygens (including phenoxy) is 1. The molecule has 0 N–H and O–H groups in total. The summed E-state index contributed by atoms with van der Waals surface area (Å²) >= 11 is 0. The fourth-order valence-corrected chi connectivity index (χ4v) is 2.45. The Bertz CT molecular complexity index is 301. The van der Waals surface area contributed by atoms with Gasteiger partial charge in [-0.05, 0) is 44.9 Å². The molecule has 0 aliphatic rings. The largest absolute Gasteiger partial charge is 0.499 e. The van der Waals surface area contributed by atoms with E-state index >= 15 is 0 Å². The predicted octanol–water partition coefficient (Wildman–Crippen LogP) is 7.74. The number of unbranched alkanes of at least 4 members (excludes halogenated alkanes) is 8. The molecule has 23 heavy (non-hydrogen) atoms. The summed E-state index contributed by atoms with van der Waals surface area (Å²) in [5, 5.41) is 0. The van der Waals surface area contributed by atoms with Gasteiger partial charge in [0.05, 0.1) is 12.4 Å². The molecule has 0 aromatic carbocycles. The van der Waals surface area contributed by atoms with Gasteiger partial charge in [-0.15, -0.1) is 0 Å². The molecule has 0 atom stereocenters. The predicted molar refractivity (Wildman–Crippen MR) is 105 cm³/mol. The van der Waals surface area contributed by atoms with Crippen molar-refractivity contribution in [1.82, 2.24) is 0 Å². The lowest BCUT2D eigenvalue weighted by molar-refractivity contribution is 0.202. The zero-order valence-corrected chi connectivity index (χ0v) is 15.8. The molecule has 0 aliphatic carbocycles. The minimum Gasteiger partial charge on any atom is -0.499 e. The highest BCUT2D eigenvalue weighted by Gasteiger charge is 1.95. The van der Waals surface area contributed by atoms with E-state index in [4.69, 9.17) is 4.74 Å². The molecule has 1 nitrogen and oxygen atoms in total. The van der Waals surface area contributed by atoms with Crippen molar-refractivity contribution in [3.8, 4) is 0 Å². The van der Waals surface area contributed by atoms with Crippen LogP contribution in [0.1, 0.15) is 97.3 Å². The Hall–Kier alpha value is -0.980. The molecule has 0 saturated carbocycles. The first-order valence-corrected chi connectivity index (χ1v) is 9.91. The van der Waals surface area contributed by atoms with E-state index in [1.807, 2.05) is 0 Å². The standard InChI is InChI=1S/C22H40O/c1-4-6-7-8-9-10-11-12-13-14-15-16-17-18-19-20-22(3)23-21-5-2/h9-10,12-13H,3-8,11,14-21H2,1-2H3/b10-9-,13-12-. The van der Waals surface area contributed by atoms with E-state index in [0.717, 1.165) is 31.6 Å². The molecule has 0 amide bonds. The SMILES string of the molecule is C=C(CCCCCCC/C=C\C/C=C\CCCCC)OCCC. The van der Waals surface area contributed by atoms with Gasteiger partial charge in [0, 0.05) is 6.42 Å². The summed E-state index contributed by atoms with van der Waals surface area (Å²) in [4.78, 5) is 0. The fraction of sp³-hybridized carbons (Fsp3) is 0.727. The molecule has 134 valence electrons. The first-order chi connectivity index (χ1) is 11.3. The normalized spacial score (nSPS) is 11.6. The van der Waals surface area contributed by atoms with Crippen LogP contribution in [0.2, 0.25) is 0 Å². The fourth-order valence-electron chi connectivity index (χ4n) is 2.45. The zero-order chi connectivity index (χ0) is 17.0. The van der Waals surface area contributed by atoms with Crippen LogP contribution >= 0.6 is 0 Å². The van der Waals surface area contributed by atoms with Gasteiger partial charge < -0.3 is 4.74 Å². The summed E-state index contributed by atoms with van der Waals surface area (Å²) in [6, 6.07) is 0. The quantitative estimate of drug-likeness (QED) is 0.151. The third kappa shape index (κ3) is 19.0.